The van der Waals surface area contributed by atoms with Crippen LogP contribution in [0.4, 0.5) is 0 Å². The molecule has 0 heterocycles. The van der Waals surface area contributed by atoms with Crippen molar-refractivity contribution in [3.05, 3.63) is 29.8 Å². The van der Waals surface area contributed by atoms with Crippen LogP contribution in [0.2, 0.25) is 0 Å². The molecule has 4 amide bonds. The summed E-state index contributed by atoms with van der Waals surface area (Å²) in [5, 5.41) is 26.2. The summed E-state index contributed by atoms with van der Waals surface area (Å²) in [5.41, 5.74) is 17.5. The Balaban J connectivity index is 2.98. The van der Waals surface area contributed by atoms with E-state index in [1.807, 2.05) is 0 Å². The first-order chi connectivity index (χ1) is 17.8. The zero-order valence-electron chi connectivity index (χ0n) is 21.8. The minimum atomic E-state index is -1.45. The molecule has 0 bridgehead atoms. The van der Waals surface area contributed by atoms with E-state index in [2.05, 4.69) is 16.0 Å². The van der Waals surface area contributed by atoms with Gasteiger partial charge in [0.15, 0.2) is 0 Å². The average Bonchev–Trinajstić information content (AvgIpc) is 2.83. The molecule has 13 nitrogen and oxygen atoms in total. The number of aromatic hydroxyl groups is 1. The fraction of sp³-hybridized carbons (Fsp3) is 0.560. The first kappa shape index (κ1) is 32.3. The molecular formula is C25H40N6O7. The van der Waals surface area contributed by atoms with Crippen LogP contribution in [-0.4, -0.2) is 70.5 Å². The molecule has 0 aromatic heterocycles. The van der Waals surface area contributed by atoms with Crippen LogP contribution in [0.3, 0.4) is 0 Å². The summed E-state index contributed by atoms with van der Waals surface area (Å²) in [7, 11) is 0. The van der Waals surface area contributed by atoms with Gasteiger partial charge in [-0.2, -0.15) is 0 Å². The maximum Gasteiger partial charge on any atom is 0.326 e. The van der Waals surface area contributed by atoms with E-state index in [4.69, 9.17) is 17.2 Å². The van der Waals surface area contributed by atoms with E-state index < -0.39 is 60.2 Å². The smallest absolute Gasteiger partial charge is 0.326 e. The summed E-state index contributed by atoms with van der Waals surface area (Å²) in [6.45, 7) is 3.93. The van der Waals surface area contributed by atoms with E-state index in [1.165, 1.54) is 12.1 Å². The lowest BCUT2D eigenvalue weighted by molar-refractivity contribution is -0.143. The maximum atomic E-state index is 13.1. The minimum absolute atomic E-state index is 0.0477. The predicted octanol–water partition coefficient (Wildman–Crippen LogP) is -1.15. The largest absolute Gasteiger partial charge is 0.508 e. The number of primary amides is 1. The molecule has 0 aliphatic carbocycles. The summed E-state index contributed by atoms with van der Waals surface area (Å²) in [6.07, 6.45) is 0.924. The van der Waals surface area contributed by atoms with Crippen LogP contribution in [0, 0.1) is 5.92 Å². The average molecular weight is 537 g/mol. The molecule has 4 unspecified atom stereocenters. The van der Waals surface area contributed by atoms with Crippen LogP contribution in [0.25, 0.3) is 0 Å². The third-order valence-electron chi connectivity index (χ3n) is 5.67. The number of amides is 4. The van der Waals surface area contributed by atoms with Gasteiger partial charge in [-0.15, -0.1) is 0 Å². The van der Waals surface area contributed by atoms with E-state index in [0.29, 0.717) is 24.9 Å². The van der Waals surface area contributed by atoms with Crippen molar-refractivity contribution in [2.24, 2.45) is 23.1 Å². The molecule has 38 heavy (non-hydrogen) atoms. The lowest BCUT2D eigenvalue weighted by Gasteiger charge is -2.25. The van der Waals surface area contributed by atoms with Crippen molar-refractivity contribution in [3.63, 3.8) is 0 Å². The second-order valence-corrected chi connectivity index (χ2v) is 9.58. The first-order valence-electron chi connectivity index (χ1n) is 12.5. The molecule has 0 saturated carbocycles. The van der Waals surface area contributed by atoms with Crippen LogP contribution in [0.1, 0.15) is 51.5 Å². The Morgan fingerprint density at radius 1 is 0.868 bits per heavy atom. The molecule has 0 aliphatic heterocycles. The molecule has 0 aliphatic rings. The number of carboxylic acid groups (broad SMARTS) is 1. The summed E-state index contributed by atoms with van der Waals surface area (Å²) in [4.78, 5) is 61.8. The van der Waals surface area contributed by atoms with Crippen molar-refractivity contribution in [2.45, 2.75) is 76.5 Å². The Labute approximate surface area is 221 Å². The maximum absolute atomic E-state index is 13.1. The summed E-state index contributed by atoms with van der Waals surface area (Å²) >= 11 is 0. The minimum Gasteiger partial charge on any atom is -0.508 e. The van der Waals surface area contributed by atoms with E-state index in [-0.39, 0.29) is 30.9 Å². The number of benzene rings is 1. The van der Waals surface area contributed by atoms with Crippen molar-refractivity contribution in [3.8, 4) is 5.75 Å². The number of nitrogens with two attached hydrogens (primary N) is 3. The standard InChI is InChI=1S/C25H40N6O7/c1-14(2)11-20(25(37)38)31-24(36)19(13-21(28)33)30-23(35)18(5-3-4-10-26)29-22(34)17(27)12-15-6-8-16(32)9-7-15/h6-9,14,17-20,32H,3-5,10-13,26-27H2,1-2H3,(H2,28,33)(H,29,34)(H,30,35)(H,31,36)(H,37,38). The van der Waals surface area contributed by atoms with Gasteiger partial charge in [-0.1, -0.05) is 26.0 Å². The van der Waals surface area contributed by atoms with Crippen LogP contribution < -0.4 is 33.2 Å². The molecule has 4 atom stereocenters. The number of nitrogens with one attached hydrogen (secondary N) is 3. The molecule has 212 valence electrons. The van der Waals surface area contributed by atoms with Crippen LogP contribution in [0.15, 0.2) is 24.3 Å². The van der Waals surface area contributed by atoms with Crippen molar-refractivity contribution in [2.75, 3.05) is 6.54 Å². The van der Waals surface area contributed by atoms with Gasteiger partial charge in [-0.05, 0) is 62.3 Å². The summed E-state index contributed by atoms with van der Waals surface area (Å²) in [5.74, 6) is -4.40. The van der Waals surface area contributed by atoms with Crippen LogP contribution in [0.5, 0.6) is 5.75 Å². The molecule has 0 fully saturated rings. The number of hydrogen-bond acceptors (Lipinski definition) is 8. The number of carboxylic acids is 1. The van der Waals surface area contributed by atoms with E-state index in [9.17, 15) is 34.2 Å². The zero-order valence-corrected chi connectivity index (χ0v) is 21.8. The lowest BCUT2D eigenvalue weighted by Crippen LogP contribution is -2.58. The Kier molecular flexibility index (Phi) is 13.8. The van der Waals surface area contributed by atoms with Gasteiger partial charge in [-0.3, -0.25) is 19.2 Å². The number of unbranched alkanes of at least 4 members (excludes halogenated alkanes) is 1. The number of phenolic OH excluding ortho intramolecular Hbond substituents is 1. The quantitative estimate of drug-likeness (QED) is 0.112. The highest BCUT2D eigenvalue weighted by atomic mass is 16.4. The van der Waals surface area contributed by atoms with Gasteiger partial charge < -0.3 is 43.4 Å². The van der Waals surface area contributed by atoms with Gasteiger partial charge in [0, 0.05) is 0 Å². The Morgan fingerprint density at radius 3 is 1.95 bits per heavy atom. The Bertz CT molecular complexity index is 954. The topological polar surface area (TPSA) is 240 Å². The van der Waals surface area contributed by atoms with Crippen molar-refractivity contribution in [1.29, 1.82) is 0 Å². The van der Waals surface area contributed by atoms with Gasteiger partial charge in [0.1, 0.15) is 23.9 Å². The highest BCUT2D eigenvalue weighted by Gasteiger charge is 2.31. The van der Waals surface area contributed by atoms with Crippen molar-refractivity contribution < 1.29 is 34.2 Å². The highest BCUT2D eigenvalue weighted by molar-refractivity contribution is 5.96. The molecule has 1 aromatic carbocycles. The highest BCUT2D eigenvalue weighted by Crippen LogP contribution is 2.12. The number of phenols is 1. The predicted molar refractivity (Wildman–Crippen MR) is 139 cm³/mol. The second-order valence-electron chi connectivity index (χ2n) is 9.58. The summed E-state index contributed by atoms with van der Waals surface area (Å²) in [6, 6.07) is 1.36. The molecular weight excluding hydrogens is 496 g/mol. The lowest BCUT2D eigenvalue weighted by atomic mass is 10.0. The van der Waals surface area contributed by atoms with Gasteiger partial charge in [0.05, 0.1) is 12.5 Å². The SMILES string of the molecule is CC(C)CC(NC(=O)C(CC(N)=O)NC(=O)C(CCCCN)NC(=O)C(N)Cc1ccc(O)cc1)C(=O)O. The first-order valence-corrected chi connectivity index (χ1v) is 12.5. The van der Waals surface area contributed by atoms with Crippen LogP contribution >= 0.6 is 0 Å². The number of carbonyl (C=O) groups is 5. The number of aliphatic carboxylic acids is 1. The molecule has 0 radical (unpaired) electrons. The zero-order chi connectivity index (χ0) is 28.8. The fourth-order valence-electron chi connectivity index (χ4n) is 3.67. The fourth-order valence-corrected chi connectivity index (χ4v) is 3.67. The van der Waals surface area contributed by atoms with Gasteiger partial charge in [0.25, 0.3) is 0 Å². The van der Waals surface area contributed by atoms with E-state index in [1.54, 1.807) is 26.0 Å². The van der Waals surface area contributed by atoms with Crippen molar-refractivity contribution >= 4 is 29.6 Å². The van der Waals surface area contributed by atoms with Crippen LogP contribution in [-0.2, 0) is 30.4 Å². The third kappa shape index (κ3) is 12.0. The van der Waals surface area contributed by atoms with Gasteiger partial charge in [-0.25, -0.2) is 4.79 Å². The Hall–Kier alpha value is -3.71. The second kappa shape index (κ2) is 16.2. The molecule has 1 aromatic rings. The summed E-state index contributed by atoms with van der Waals surface area (Å²) < 4.78 is 0. The number of rotatable bonds is 17. The number of carbonyl (C=O) groups excluding carboxylic acids is 4. The molecule has 1 rings (SSSR count). The normalized spacial score (nSPS) is 14.1. The van der Waals surface area contributed by atoms with Gasteiger partial charge in [0.2, 0.25) is 23.6 Å². The third-order valence-corrected chi connectivity index (χ3v) is 5.67. The Morgan fingerprint density at radius 2 is 1.42 bits per heavy atom. The monoisotopic (exact) mass is 536 g/mol. The van der Waals surface area contributed by atoms with Crippen molar-refractivity contribution in [1.82, 2.24) is 16.0 Å². The molecule has 0 spiro atoms. The van der Waals surface area contributed by atoms with E-state index >= 15 is 0 Å². The molecule has 11 N–H and O–H groups in total. The van der Waals surface area contributed by atoms with Gasteiger partial charge >= 0.3 is 5.97 Å². The molecule has 13 heteroatoms. The van der Waals surface area contributed by atoms with E-state index in [0.717, 1.165) is 0 Å². The molecule has 0 saturated heterocycles. The number of hydrogen-bond donors (Lipinski definition) is 8.